The van der Waals surface area contributed by atoms with Crippen molar-refractivity contribution in [3.05, 3.63) is 0 Å². The predicted octanol–water partition coefficient (Wildman–Crippen LogP) is 0.916. The van der Waals surface area contributed by atoms with Gasteiger partial charge in [0.25, 0.3) is 0 Å². The van der Waals surface area contributed by atoms with E-state index in [-0.39, 0.29) is 11.9 Å². The fraction of sp³-hybridized carbons (Fsp3) is 0.833. The first-order valence-corrected chi connectivity index (χ1v) is 7.40. The highest BCUT2D eigenvalue weighted by atomic mass is 32.2. The maximum absolute atomic E-state index is 11.5. The lowest BCUT2D eigenvalue weighted by Gasteiger charge is -2.21. The monoisotopic (exact) mass is 276 g/mol. The summed E-state index contributed by atoms with van der Waals surface area (Å²) in [5, 5.41) is 2.79. The van der Waals surface area contributed by atoms with Crippen LogP contribution >= 0.6 is 11.8 Å². The van der Waals surface area contributed by atoms with Crippen LogP contribution in [0.4, 0.5) is 0 Å². The summed E-state index contributed by atoms with van der Waals surface area (Å²) >= 11 is 1.47. The highest BCUT2D eigenvalue weighted by molar-refractivity contribution is 7.99. The number of ether oxygens (including phenoxy) is 1. The molecule has 0 radical (unpaired) electrons. The standard InChI is InChI=1S/C12H24N2O3S/c1-4-7-14-10(15)9-18-8-6-12(3,13)11(16)17-5-2/h4-9,13H2,1-3H3,(H,14,15). The van der Waals surface area contributed by atoms with Crippen molar-refractivity contribution in [2.45, 2.75) is 39.2 Å². The van der Waals surface area contributed by atoms with E-state index in [1.165, 1.54) is 11.8 Å². The van der Waals surface area contributed by atoms with Crippen molar-refractivity contribution < 1.29 is 14.3 Å². The number of amides is 1. The van der Waals surface area contributed by atoms with Crippen molar-refractivity contribution in [1.82, 2.24) is 5.32 Å². The highest BCUT2D eigenvalue weighted by Crippen LogP contribution is 2.13. The van der Waals surface area contributed by atoms with Crippen molar-refractivity contribution in [2.24, 2.45) is 5.73 Å². The molecular weight excluding hydrogens is 252 g/mol. The summed E-state index contributed by atoms with van der Waals surface area (Å²) < 4.78 is 4.89. The molecule has 0 aromatic rings. The molecule has 0 fully saturated rings. The molecule has 5 nitrogen and oxygen atoms in total. The number of hydrogen-bond acceptors (Lipinski definition) is 5. The van der Waals surface area contributed by atoms with Gasteiger partial charge in [0.2, 0.25) is 5.91 Å². The van der Waals surface area contributed by atoms with Crippen LogP contribution in [0.3, 0.4) is 0 Å². The molecule has 1 atom stereocenters. The lowest BCUT2D eigenvalue weighted by Crippen LogP contribution is -2.46. The summed E-state index contributed by atoms with van der Waals surface area (Å²) in [4.78, 5) is 22.8. The fourth-order valence-electron chi connectivity index (χ4n) is 1.16. The van der Waals surface area contributed by atoms with Crippen LogP contribution in [-0.2, 0) is 14.3 Å². The second-order valence-corrected chi connectivity index (χ2v) is 5.40. The third kappa shape index (κ3) is 7.55. The van der Waals surface area contributed by atoms with Crippen molar-refractivity contribution >= 4 is 23.6 Å². The van der Waals surface area contributed by atoms with Gasteiger partial charge in [0, 0.05) is 6.54 Å². The van der Waals surface area contributed by atoms with Gasteiger partial charge in [-0.05, 0) is 32.4 Å². The zero-order valence-corrected chi connectivity index (χ0v) is 12.3. The van der Waals surface area contributed by atoms with Crippen LogP contribution in [0.5, 0.6) is 0 Å². The van der Waals surface area contributed by atoms with Crippen molar-refractivity contribution in [3.8, 4) is 0 Å². The summed E-state index contributed by atoms with van der Waals surface area (Å²) in [6.45, 7) is 6.45. The molecule has 0 aromatic carbocycles. The molecule has 0 rings (SSSR count). The summed E-state index contributed by atoms with van der Waals surface area (Å²) in [5.74, 6) is 0.697. The Hall–Kier alpha value is -0.750. The molecule has 1 amide bonds. The van der Waals surface area contributed by atoms with E-state index in [1.807, 2.05) is 6.92 Å². The van der Waals surface area contributed by atoms with Gasteiger partial charge in [0.15, 0.2) is 0 Å². The molecule has 0 saturated heterocycles. The molecule has 0 aliphatic rings. The lowest BCUT2D eigenvalue weighted by molar-refractivity contribution is -0.149. The Morgan fingerprint density at radius 2 is 2.06 bits per heavy atom. The number of rotatable bonds is 9. The largest absolute Gasteiger partial charge is 0.465 e. The second-order valence-electron chi connectivity index (χ2n) is 4.29. The smallest absolute Gasteiger partial charge is 0.325 e. The number of carbonyl (C=O) groups excluding carboxylic acids is 2. The van der Waals surface area contributed by atoms with E-state index in [0.717, 1.165) is 6.42 Å². The molecule has 0 bridgehead atoms. The van der Waals surface area contributed by atoms with E-state index in [4.69, 9.17) is 10.5 Å². The zero-order chi connectivity index (χ0) is 14.0. The molecule has 0 aliphatic heterocycles. The molecule has 0 heterocycles. The second kappa shape index (κ2) is 9.22. The molecule has 0 spiro atoms. The Morgan fingerprint density at radius 1 is 1.39 bits per heavy atom. The number of thioether (sulfide) groups is 1. The van der Waals surface area contributed by atoms with Gasteiger partial charge < -0.3 is 15.8 Å². The number of esters is 1. The minimum atomic E-state index is -0.969. The summed E-state index contributed by atoms with van der Waals surface area (Å²) in [6, 6.07) is 0. The Balaban J connectivity index is 3.76. The van der Waals surface area contributed by atoms with E-state index >= 15 is 0 Å². The Kier molecular flexibility index (Phi) is 8.83. The molecule has 1 unspecified atom stereocenters. The first-order chi connectivity index (χ1) is 8.44. The van der Waals surface area contributed by atoms with Gasteiger partial charge in [-0.2, -0.15) is 11.8 Å². The van der Waals surface area contributed by atoms with E-state index in [9.17, 15) is 9.59 Å². The van der Waals surface area contributed by atoms with Crippen LogP contribution in [-0.4, -0.2) is 42.1 Å². The molecular formula is C12H24N2O3S. The van der Waals surface area contributed by atoms with Crippen LogP contribution < -0.4 is 11.1 Å². The number of hydrogen-bond donors (Lipinski definition) is 2. The first-order valence-electron chi connectivity index (χ1n) is 6.24. The summed E-state index contributed by atoms with van der Waals surface area (Å²) in [7, 11) is 0. The Morgan fingerprint density at radius 3 is 2.61 bits per heavy atom. The molecule has 6 heteroatoms. The molecule has 3 N–H and O–H groups in total. The normalized spacial score (nSPS) is 13.8. The topological polar surface area (TPSA) is 81.4 Å². The quantitative estimate of drug-likeness (QED) is 0.483. The zero-order valence-electron chi connectivity index (χ0n) is 11.5. The van der Waals surface area contributed by atoms with Crippen molar-refractivity contribution in [2.75, 3.05) is 24.7 Å². The van der Waals surface area contributed by atoms with Gasteiger partial charge in [-0.25, -0.2) is 0 Å². The van der Waals surface area contributed by atoms with Crippen LogP contribution in [0, 0.1) is 0 Å². The third-order valence-electron chi connectivity index (χ3n) is 2.31. The minimum absolute atomic E-state index is 0.0247. The molecule has 0 aliphatic carbocycles. The minimum Gasteiger partial charge on any atom is -0.465 e. The van der Waals surface area contributed by atoms with Crippen molar-refractivity contribution in [1.29, 1.82) is 0 Å². The van der Waals surface area contributed by atoms with Crippen LogP contribution in [0.25, 0.3) is 0 Å². The number of nitrogens with two attached hydrogens (primary N) is 1. The average Bonchev–Trinajstić information content (AvgIpc) is 2.32. The Bertz CT molecular complexity index is 270. The number of nitrogens with one attached hydrogen (secondary N) is 1. The van der Waals surface area contributed by atoms with Gasteiger partial charge >= 0.3 is 5.97 Å². The third-order valence-corrected chi connectivity index (χ3v) is 3.27. The molecule has 106 valence electrons. The van der Waals surface area contributed by atoms with Crippen LogP contribution in [0.1, 0.15) is 33.6 Å². The predicted molar refractivity (Wildman–Crippen MR) is 74.5 cm³/mol. The van der Waals surface area contributed by atoms with E-state index < -0.39 is 5.54 Å². The van der Waals surface area contributed by atoms with Gasteiger partial charge in [-0.3, -0.25) is 9.59 Å². The first kappa shape index (κ1) is 17.2. The maximum Gasteiger partial charge on any atom is 0.325 e. The van der Waals surface area contributed by atoms with E-state index in [0.29, 0.717) is 31.1 Å². The van der Waals surface area contributed by atoms with Crippen LogP contribution in [0.15, 0.2) is 0 Å². The molecule has 0 saturated carbocycles. The molecule has 0 aromatic heterocycles. The average molecular weight is 276 g/mol. The SMILES string of the molecule is CCCNC(=O)CSCCC(C)(N)C(=O)OCC. The van der Waals surface area contributed by atoms with Gasteiger partial charge in [0.1, 0.15) is 5.54 Å². The van der Waals surface area contributed by atoms with Crippen molar-refractivity contribution in [3.63, 3.8) is 0 Å². The highest BCUT2D eigenvalue weighted by Gasteiger charge is 2.29. The fourth-order valence-corrected chi connectivity index (χ4v) is 2.16. The molecule has 18 heavy (non-hydrogen) atoms. The maximum atomic E-state index is 11.5. The van der Waals surface area contributed by atoms with Crippen LogP contribution in [0.2, 0.25) is 0 Å². The van der Waals surface area contributed by atoms with Gasteiger partial charge in [-0.1, -0.05) is 6.92 Å². The summed E-state index contributed by atoms with van der Waals surface area (Å²) in [6.07, 6.45) is 1.43. The Labute approximate surface area is 113 Å². The van der Waals surface area contributed by atoms with Gasteiger partial charge in [0.05, 0.1) is 12.4 Å². The van der Waals surface area contributed by atoms with E-state index in [1.54, 1.807) is 13.8 Å². The lowest BCUT2D eigenvalue weighted by atomic mass is 10.0. The number of carbonyl (C=O) groups is 2. The summed E-state index contributed by atoms with van der Waals surface area (Å²) in [5.41, 5.74) is 4.89. The van der Waals surface area contributed by atoms with E-state index in [2.05, 4.69) is 5.32 Å². The van der Waals surface area contributed by atoms with Gasteiger partial charge in [-0.15, -0.1) is 0 Å².